The van der Waals surface area contributed by atoms with Crippen molar-refractivity contribution in [3.63, 3.8) is 0 Å². The topological polar surface area (TPSA) is 21.6 Å². The van der Waals surface area contributed by atoms with E-state index in [9.17, 15) is 0 Å². The van der Waals surface area contributed by atoms with Crippen LogP contribution in [0, 0.1) is 6.92 Å². The zero-order valence-corrected chi connectivity index (χ0v) is 10.1. The molecule has 1 saturated carbocycles. The van der Waals surface area contributed by atoms with Gasteiger partial charge in [-0.2, -0.15) is 0 Å². The Labute approximate surface area is 97.3 Å². The van der Waals surface area contributed by atoms with E-state index >= 15 is 0 Å². The molecule has 0 heterocycles. The van der Waals surface area contributed by atoms with Gasteiger partial charge in [0.05, 0.1) is 5.71 Å². The third-order valence-corrected chi connectivity index (χ3v) is 3.13. The van der Waals surface area contributed by atoms with Crippen LogP contribution >= 0.6 is 0 Å². The molecule has 86 valence electrons. The van der Waals surface area contributed by atoms with Gasteiger partial charge in [-0.25, -0.2) is 0 Å². The van der Waals surface area contributed by atoms with Crippen molar-refractivity contribution in [2.24, 2.45) is 5.16 Å². The summed E-state index contributed by atoms with van der Waals surface area (Å²) in [5.41, 5.74) is 3.98. The van der Waals surface area contributed by atoms with E-state index in [-0.39, 0.29) is 0 Å². The van der Waals surface area contributed by atoms with Gasteiger partial charge < -0.3 is 4.84 Å². The first-order chi connectivity index (χ1) is 7.79. The Hall–Kier alpha value is -1.31. The Bertz CT molecular complexity index is 367. The van der Waals surface area contributed by atoms with Crippen LogP contribution in [-0.2, 0) is 4.84 Å². The molecule has 0 aliphatic heterocycles. The lowest BCUT2D eigenvalue weighted by molar-refractivity contribution is 0.158. The standard InChI is InChI=1S/C14H19NO/c1-3-16-15-14-9-8-13(10-14)12-6-4-11(2)5-7-12/h4-7,13H,3,8-10H2,1-2H3/b15-14+. The zero-order valence-electron chi connectivity index (χ0n) is 10.1. The number of hydrogen-bond acceptors (Lipinski definition) is 2. The molecular formula is C14H19NO. The molecule has 0 spiro atoms. The second kappa shape index (κ2) is 5.15. The van der Waals surface area contributed by atoms with Crippen LogP contribution in [0.3, 0.4) is 0 Å². The van der Waals surface area contributed by atoms with E-state index in [1.807, 2.05) is 6.92 Å². The van der Waals surface area contributed by atoms with Gasteiger partial charge in [-0.05, 0) is 44.6 Å². The average molecular weight is 217 g/mol. The smallest absolute Gasteiger partial charge is 0.114 e. The first-order valence-corrected chi connectivity index (χ1v) is 6.04. The Morgan fingerprint density at radius 3 is 2.75 bits per heavy atom. The van der Waals surface area contributed by atoms with Crippen LogP contribution in [0.15, 0.2) is 29.4 Å². The summed E-state index contributed by atoms with van der Waals surface area (Å²) in [5, 5.41) is 4.15. The molecule has 1 aliphatic rings. The summed E-state index contributed by atoms with van der Waals surface area (Å²) in [5.74, 6) is 0.639. The van der Waals surface area contributed by atoms with E-state index in [0.29, 0.717) is 12.5 Å². The highest BCUT2D eigenvalue weighted by molar-refractivity contribution is 5.86. The van der Waals surface area contributed by atoms with Gasteiger partial charge in [-0.1, -0.05) is 35.0 Å². The van der Waals surface area contributed by atoms with Crippen LogP contribution < -0.4 is 0 Å². The molecule has 0 radical (unpaired) electrons. The highest BCUT2D eigenvalue weighted by Gasteiger charge is 2.22. The average Bonchev–Trinajstić information content (AvgIpc) is 2.76. The van der Waals surface area contributed by atoms with Crippen molar-refractivity contribution in [2.75, 3.05) is 6.61 Å². The Kier molecular flexibility index (Phi) is 3.60. The summed E-state index contributed by atoms with van der Waals surface area (Å²) in [6, 6.07) is 8.85. The summed E-state index contributed by atoms with van der Waals surface area (Å²) >= 11 is 0. The maximum absolute atomic E-state index is 5.11. The summed E-state index contributed by atoms with van der Waals surface area (Å²) in [6.07, 6.45) is 3.34. The van der Waals surface area contributed by atoms with Crippen LogP contribution in [0.1, 0.15) is 43.2 Å². The van der Waals surface area contributed by atoms with Crippen molar-refractivity contribution < 1.29 is 4.84 Å². The molecule has 1 aromatic carbocycles. The molecule has 16 heavy (non-hydrogen) atoms. The third-order valence-electron chi connectivity index (χ3n) is 3.13. The Balaban J connectivity index is 2.00. The van der Waals surface area contributed by atoms with Crippen LogP contribution in [-0.4, -0.2) is 12.3 Å². The summed E-state index contributed by atoms with van der Waals surface area (Å²) in [6.45, 7) is 4.76. The Morgan fingerprint density at radius 2 is 2.06 bits per heavy atom. The highest BCUT2D eigenvalue weighted by atomic mass is 16.6. The molecule has 0 amide bonds. The van der Waals surface area contributed by atoms with Gasteiger partial charge >= 0.3 is 0 Å². The van der Waals surface area contributed by atoms with E-state index in [0.717, 1.165) is 12.8 Å². The van der Waals surface area contributed by atoms with Gasteiger partial charge in [-0.3, -0.25) is 0 Å². The lowest BCUT2D eigenvalue weighted by atomic mass is 9.97. The van der Waals surface area contributed by atoms with E-state index in [2.05, 4.69) is 36.3 Å². The van der Waals surface area contributed by atoms with Gasteiger partial charge in [0.15, 0.2) is 0 Å². The first kappa shape index (κ1) is 11.2. The second-order valence-electron chi connectivity index (χ2n) is 4.43. The van der Waals surface area contributed by atoms with Gasteiger partial charge in [0.25, 0.3) is 0 Å². The zero-order chi connectivity index (χ0) is 11.4. The molecule has 0 N–H and O–H groups in total. The minimum absolute atomic E-state index is 0.639. The van der Waals surface area contributed by atoms with Crippen LogP contribution in [0.2, 0.25) is 0 Å². The Morgan fingerprint density at radius 1 is 1.31 bits per heavy atom. The maximum Gasteiger partial charge on any atom is 0.114 e. The number of rotatable bonds is 3. The van der Waals surface area contributed by atoms with Crippen molar-refractivity contribution in [2.45, 2.75) is 39.0 Å². The third kappa shape index (κ3) is 2.63. The van der Waals surface area contributed by atoms with Crippen LogP contribution in [0.25, 0.3) is 0 Å². The molecule has 2 nitrogen and oxygen atoms in total. The molecule has 0 bridgehead atoms. The quantitative estimate of drug-likeness (QED) is 0.708. The minimum atomic E-state index is 0.639. The predicted octanol–water partition coefficient (Wildman–Crippen LogP) is 3.66. The molecule has 1 fully saturated rings. The molecule has 1 unspecified atom stereocenters. The first-order valence-electron chi connectivity index (χ1n) is 6.04. The van der Waals surface area contributed by atoms with Gasteiger partial charge in [0, 0.05) is 0 Å². The predicted molar refractivity (Wildman–Crippen MR) is 66.8 cm³/mol. The molecule has 2 heteroatoms. The van der Waals surface area contributed by atoms with E-state index < -0.39 is 0 Å². The summed E-state index contributed by atoms with van der Waals surface area (Å²) in [7, 11) is 0. The van der Waals surface area contributed by atoms with Gasteiger partial charge in [0.2, 0.25) is 0 Å². The number of aryl methyl sites for hydroxylation is 1. The molecule has 1 atom stereocenters. The number of oxime groups is 1. The SMILES string of the molecule is CCO/N=C1\CCC(c2ccc(C)cc2)C1. The van der Waals surface area contributed by atoms with E-state index in [1.165, 1.54) is 23.3 Å². The van der Waals surface area contributed by atoms with Crippen LogP contribution in [0.4, 0.5) is 0 Å². The fourth-order valence-electron chi connectivity index (χ4n) is 2.19. The lowest BCUT2D eigenvalue weighted by Crippen LogP contribution is -1.95. The minimum Gasteiger partial charge on any atom is -0.396 e. The van der Waals surface area contributed by atoms with Crippen molar-refractivity contribution in [1.82, 2.24) is 0 Å². The monoisotopic (exact) mass is 217 g/mol. The number of benzene rings is 1. The van der Waals surface area contributed by atoms with Crippen molar-refractivity contribution in [1.29, 1.82) is 0 Å². The van der Waals surface area contributed by atoms with Gasteiger partial charge in [-0.15, -0.1) is 0 Å². The maximum atomic E-state index is 5.11. The second-order valence-corrected chi connectivity index (χ2v) is 4.43. The van der Waals surface area contributed by atoms with E-state index in [4.69, 9.17) is 4.84 Å². The van der Waals surface area contributed by atoms with Crippen LogP contribution in [0.5, 0.6) is 0 Å². The fourth-order valence-corrected chi connectivity index (χ4v) is 2.19. The fraction of sp³-hybridized carbons (Fsp3) is 0.500. The largest absolute Gasteiger partial charge is 0.396 e. The molecule has 0 saturated heterocycles. The highest BCUT2D eigenvalue weighted by Crippen LogP contribution is 2.32. The summed E-state index contributed by atoms with van der Waals surface area (Å²) in [4.78, 5) is 5.11. The van der Waals surface area contributed by atoms with Crippen molar-refractivity contribution in [3.8, 4) is 0 Å². The summed E-state index contributed by atoms with van der Waals surface area (Å²) < 4.78 is 0. The molecule has 1 aliphatic carbocycles. The lowest BCUT2D eigenvalue weighted by Gasteiger charge is -2.08. The van der Waals surface area contributed by atoms with Gasteiger partial charge in [0.1, 0.15) is 6.61 Å². The van der Waals surface area contributed by atoms with E-state index in [1.54, 1.807) is 0 Å². The number of hydrogen-bond donors (Lipinski definition) is 0. The molecule has 2 rings (SSSR count). The molecule has 0 aromatic heterocycles. The molecular weight excluding hydrogens is 198 g/mol. The van der Waals surface area contributed by atoms with Crippen molar-refractivity contribution in [3.05, 3.63) is 35.4 Å². The molecule has 1 aromatic rings. The number of nitrogens with zero attached hydrogens (tertiary/aromatic N) is 1. The van der Waals surface area contributed by atoms with Crippen molar-refractivity contribution >= 4 is 5.71 Å². The normalized spacial score (nSPS) is 22.6.